The Bertz CT molecular complexity index is 1150. The molecule has 2 aromatic carbocycles. The van der Waals surface area contributed by atoms with Gasteiger partial charge in [0, 0.05) is 30.0 Å². The third-order valence-corrected chi connectivity index (χ3v) is 6.54. The van der Waals surface area contributed by atoms with Crippen LogP contribution < -0.4 is 15.0 Å². The number of hydrazone groups is 1. The summed E-state index contributed by atoms with van der Waals surface area (Å²) in [6.45, 7) is 5.28. The molecule has 3 amide bonds. The molecule has 0 radical (unpaired) electrons. The molecule has 4 rings (SSSR count). The van der Waals surface area contributed by atoms with Gasteiger partial charge in [0.15, 0.2) is 5.17 Å². The van der Waals surface area contributed by atoms with Gasteiger partial charge in [0.25, 0.3) is 5.91 Å². The first-order chi connectivity index (χ1) is 15.3. The molecule has 2 heterocycles. The topological polar surface area (TPSA) is 91.3 Å². The maximum atomic E-state index is 14.0. The lowest BCUT2D eigenvalue weighted by molar-refractivity contribution is -0.139. The van der Waals surface area contributed by atoms with Gasteiger partial charge in [-0.25, -0.2) is 0 Å². The second kappa shape index (κ2) is 8.48. The van der Waals surface area contributed by atoms with Gasteiger partial charge < -0.3 is 15.0 Å². The highest BCUT2D eigenvalue weighted by molar-refractivity contribution is 8.15. The first kappa shape index (κ1) is 22.2. The molecular weight excluding hydrogens is 452 g/mol. The largest absolute Gasteiger partial charge is 0.494 e. The number of nitrogens with one attached hydrogen (secondary N) is 1. The molecule has 0 unspecified atom stereocenters. The molecule has 2 aliphatic heterocycles. The van der Waals surface area contributed by atoms with Gasteiger partial charge in [-0.3, -0.25) is 14.4 Å². The highest BCUT2D eigenvalue weighted by atomic mass is 35.5. The van der Waals surface area contributed by atoms with Crippen LogP contribution in [0.25, 0.3) is 0 Å². The van der Waals surface area contributed by atoms with Gasteiger partial charge in [-0.1, -0.05) is 29.8 Å². The molecular formula is C22H21ClN4O4S. The number of para-hydroxylation sites is 1. The average molecular weight is 473 g/mol. The van der Waals surface area contributed by atoms with Crippen molar-refractivity contribution in [3.8, 4) is 5.75 Å². The number of ether oxygens (including phenoxy) is 1. The first-order valence-electron chi connectivity index (χ1n) is 9.96. The molecule has 0 aliphatic carbocycles. The smallest absolute Gasteiger partial charge is 0.271 e. The summed E-state index contributed by atoms with van der Waals surface area (Å²) in [6, 6.07) is 12.6. The Kier molecular flexibility index (Phi) is 5.87. The molecule has 0 saturated carbocycles. The number of carbonyl (C=O) groups excluding carboxylic acids is 3. The molecule has 2 aliphatic rings. The van der Waals surface area contributed by atoms with Crippen LogP contribution in [-0.2, 0) is 25.8 Å². The fourth-order valence-electron chi connectivity index (χ4n) is 3.84. The second-order valence-electron chi connectivity index (χ2n) is 7.26. The van der Waals surface area contributed by atoms with E-state index >= 15 is 0 Å². The Labute approximate surface area is 194 Å². The van der Waals surface area contributed by atoms with Crippen LogP contribution >= 0.6 is 23.4 Å². The van der Waals surface area contributed by atoms with Gasteiger partial charge in [0.1, 0.15) is 5.75 Å². The Morgan fingerprint density at radius 1 is 1.22 bits per heavy atom. The summed E-state index contributed by atoms with van der Waals surface area (Å²) < 4.78 is 5.73. The van der Waals surface area contributed by atoms with Crippen LogP contribution in [0.2, 0.25) is 5.02 Å². The van der Waals surface area contributed by atoms with Gasteiger partial charge in [0.2, 0.25) is 16.7 Å². The summed E-state index contributed by atoms with van der Waals surface area (Å²) in [6.07, 6.45) is 0. The Morgan fingerprint density at radius 3 is 2.66 bits per heavy atom. The van der Waals surface area contributed by atoms with E-state index in [2.05, 4.69) is 10.4 Å². The number of nitrogens with zero attached hydrogens (tertiary/aromatic N) is 3. The second-order valence-corrected chi connectivity index (χ2v) is 8.87. The minimum atomic E-state index is -1.50. The maximum Gasteiger partial charge on any atom is 0.271 e. The monoisotopic (exact) mass is 472 g/mol. The molecule has 0 bridgehead atoms. The van der Waals surface area contributed by atoms with Gasteiger partial charge in [-0.15, -0.1) is 5.10 Å². The molecule has 10 heteroatoms. The lowest BCUT2D eigenvalue weighted by Crippen LogP contribution is -2.48. The third-order valence-electron chi connectivity index (χ3n) is 5.07. The van der Waals surface area contributed by atoms with Crippen LogP contribution in [0.4, 0.5) is 5.69 Å². The number of benzene rings is 2. The third kappa shape index (κ3) is 3.61. The summed E-state index contributed by atoms with van der Waals surface area (Å²) in [5.41, 5.74) is 1.97. The summed E-state index contributed by atoms with van der Waals surface area (Å²) in [4.78, 5) is 38.2. The zero-order valence-electron chi connectivity index (χ0n) is 17.7. The van der Waals surface area contributed by atoms with Crippen LogP contribution in [0.1, 0.15) is 31.9 Å². The van der Waals surface area contributed by atoms with E-state index in [0.29, 0.717) is 28.6 Å². The van der Waals surface area contributed by atoms with Crippen molar-refractivity contribution in [1.29, 1.82) is 0 Å². The predicted molar refractivity (Wildman–Crippen MR) is 123 cm³/mol. The number of amides is 3. The SMILES string of the molecule is CCOc1ccccc1CN1C(=O)[C@@]2(SC(NC(C)=O)=NN2C(C)=O)c2cc(Cl)ccc21. The molecule has 32 heavy (non-hydrogen) atoms. The fraction of sp³-hybridized carbons (Fsp3) is 0.273. The van der Waals surface area contributed by atoms with Crippen molar-refractivity contribution in [2.75, 3.05) is 11.5 Å². The van der Waals surface area contributed by atoms with Crippen molar-refractivity contribution in [1.82, 2.24) is 10.3 Å². The minimum Gasteiger partial charge on any atom is -0.494 e. The number of rotatable bonds is 4. The maximum absolute atomic E-state index is 14.0. The number of fused-ring (bicyclic) bond motifs is 2. The molecule has 1 N–H and O–H groups in total. The average Bonchev–Trinajstić information content (AvgIpc) is 3.22. The summed E-state index contributed by atoms with van der Waals surface area (Å²) in [5.74, 6) is -0.466. The molecule has 0 aromatic heterocycles. The Hall–Kier alpha value is -3.04. The molecule has 8 nitrogen and oxygen atoms in total. The molecule has 0 saturated heterocycles. The fourth-order valence-corrected chi connectivity index (χ4v) is 5.34. The van der Waals surface area contributed by atoms with E-state index < -0.39 is 10.8 Å². The van der Waals surface area contributed by atoms with Crippen molar-refractivity contribution in [2.24, 2.45) is 5.10 Å². The van der Waals surface area contributed by atoms with E-state index in [-0.39, 0.29) is 23.5 Å². The van der Waals surface area contributed by atoms with E-state index in [9.17, 15) is 14.4 Å². The summed E-state index contributed by atoms with van der Waals surface area (Å²) >= 11 is 7.30. The Balaban J connectivity index is 1.82. The summed E-state index contributed by atoms with van der Waals surface area (Å²) in [5, 5.41) is 8.55. The van der Waals surface area contributed by atoms with Crippen LogP contribution in [0.15, 0.2) is 47.6 Å². The molecule has 1 atom stereocenters. The van der Waals surface area contributed by atoms with Gasteiger partial charge in [-0.05, 0) is 43.0 Å². The predicted octanol–water partition coefficient (Wildman–Crippen LogP) is 3.44. The van der Waals surface area contributed by atoms with Crippen molar-refractivity contribution in [2.45, 2.75) is 32.2 Å². The molecule has 166 valence electrons. The Morgan fingerprint density at radius 2 is 1.97 bits per heavy atom. The zero-order valence-corrected chi connectivity index (χ0v) is 19.3. The molecule has 1 spiro atoms. The standard InChI is InChI=1S/C22H21ClN4O4S/c1-4-31-19-8-6-5-7-15(19)12-26-18-10-9-16(23)11-17(18)22(20(26)30)27(14(3)29)25-21(32-22)24-13(2)28/h5-11H,4,12H2,1-3H3,(H,24,25,28)/t22-/m0/s1. The van der Waals surface area contributed by atoms with Crippen LogP contribution in [0, 0.1) is 0 Å². The van der Waals surface area contributed by atoms with E-state index in [0.717, 1.165) is 22.3 Å². The quantitative estimate of drug-likeness (QED) is 0.736. The van der Waals surface area contributed by atoms with E-state index in [1.165, 1.54) is 13.8 Å². The van der Waals surface area contributed by atoms with Crippen LogP contribution in [-0.4, -0.2) is 34.5 Å². The van der Waals surface area contributed by atoms with Crippen molar-refractivity contribution >= 4 is 51.9 Å². The van der Waals surface area contributed by atoms with Crippen molar-refractivity contribution in [3.05, 3.63) is 58.6 Å². The lowest BCUT2D eigenvalue weighted by atomic mass is 10.1. The van der Waals surface area contributed by atoms with Gasteiger partial charge in [0.05, 0.1) is 18.8 Å². The number of hydrogen-bond acceptors (Lipinski definition) is 6. The van der Waals surface area contributed by atoms with E-state index in [4.69, 9.17) is 16.3 Å². The van der Waals surface area contributed by atoms with E-state index in [1.807, 2.05) is 31.2 Å². The van der Waals surface area contributed by atoms with E-state index in [1.54, 1.807) is 23.1 Å². The minimum absolute atomic E-state index is 0.170. The zero-order chi connectivity index (χ0) is 23.0. The summed E-state index contributed by atoms with van der Waals surface area (Å²) in [7, 11) is 0. The normalized spacial score (nSPS) is 19.2. The number of carbonyl (C=O) groups is 3. The molecule has 0 fully saturated rings. The highest BCUT2D eigenvalue weighted by Gasteiger charge is 2.61. The van der Waals surface area contributed by atoms with Gasteiger partial charge in [-0.2, -0.15) is 5.01 Å². The highest BCUT2D eigenvalue weighted by Crippen LogP contribution is 2.55. The van der Waals surface area contributed by atoms with Crippen molar-refractivity contribution in [3.63, 3.8) is 0 Å². The van der Waals surface area contributed by atoms with Crippen LogP contribution in [0.3, 0.4) is 0 Å². The van der Waals surface area contributed by atoms with Crippen molar-refractivity contribution < 1.29 is 19.1 Å². The number of amidine groups is 1. The van der Waals surface area contributed by atoms with Crippen LogP contribution in [0.5, 0.6) is 5.75 Å². The number of halogens is 1. The number of anilines is 1. The first-order valence-corrected chi connectivity index (χ1v) is 11.2. The lowest BCUT2D eigenvalue weighted by Gasteiger charge is -2.29. The number of thioether (sulfide) groups is 1. The number of hydrogen-bond donors (Lipinski definition) is 1. The van der Waals surface area contributed by atoms with Gasteiger partial charge >= 0.3 is 0 Å². The molecule has 2 aromatic rings.